The molecule has 1 N–H and O–H groups in total. The van der Waals surface area contributed by atoms with Crippen LogP contribution in [0.25, 0.3) is 0 Å². The van der Waals surface area contributed by atoms with Crippen LogP contribution in [0.2, 0.25) is 0 Å². The van der Waals surface area contributed by atoms with Crippen molar-refractivity contribution in [3.8, 4) is 0 Å². The summed E-state index contributed by atoms with van der Waals surface area (Å²) in [6, 6.07) is 6.93. The van der Waals surface area contributed by atoms with E-state index < -0.39 is 5.97 Å². The largest absolute Gasteiger partial charge is 0.478 e. The molecule has 0 saturated heterocycles. The number of benzene rings is 1. The normalized spacial score (nSPS) is 10.9. The lowest BCUT2D eigenvalue weighted by Crippen LogP contribution is -2.20. The molecule has 0 aliphatic carbocycles. The van der Waals surface area contributed by atoms with Crippen molar-refractivity contribution in [2.75, 3.05) is 7.05 Å². The fourth-order valence-electron chi connectivity index (χ4n) is 2.04. The second-order valence-electron chi connectivity index (χ2n) is 4.67. The highest BCUT2D eigenvalue weighted by Gasteiger charge is 2.08. The Hall–Kier alpha value is -2.21. The molecule has 6 heteroatoms. The average Bonchev–Trinajstić information content (AvgIpc) is 2.86. The van der Waals surface area contributed by atoms with Crippen LogP contribution in [-0.4, -0.2) is 37.8 Å². The molecule has 106 valence electrons. The van der Waals surface area contributed by atoms with E-state index >= 15 is 0 Å². The molecule has 0 aliphatic heterocycles. The van der Waals surface area contributed by atoms with Crippen molar-refractivity contribution in [2.45, 2.75) is 26.6 Å². The molecular formula is C14H18N4O2. The monoisotopic (exact) mass is 274 g/mol. The van der Waals surface area contributed by atoms with Crippen molar-refractivity contribution in [3.05, 3.63) is 47.5 Å². The van der Waals surface area contributed by atoms with E-state index in [1.54, 1.807) is 18.5 Å². The number of rotatable bonds is 6. The topological polar surface area (TPSA) is 71.2 Å². The van der Waals surface area contributed by atoms with E-state index in [1.807, 2.05) is 30.8 Å². The number of carboxylic acids is 1. The third kappa shape index (κ3) is 3.42. The van der Waals surface area contributed by atoms with Crippen LogP contribution in [0.1, 0.15) is 28.7 Å². The highest BCUT2D eigenvalue weighted by Crippen LogP contribution is 2.09. The second-order valence-corrected chi connectivity index (χ2v) is 4.67. The van der Waals surface area contributed by atoms with Gasteiger partial charge in [-0.15, -0.1) is 0 Å². The van der Waals surface area contributed by atoms with Crippen LogP contribution >= 0.6 is 0 Å². The average molecular weight is 274 g/mol. The predicted octanol–water partition coefficient (Wildman–Crippen LogP) is 1.63. The van der Waals surface area contributed by atoms with Gasteiger partial charge in [0.15, 0.2) is 0 Å². The minimum Gasteiger partial charge on any atom is -0.478 e. The Kier molecular flexibility index (Phi) is 4.47. The Morgan fingerprint density at radius 3 is 2.60 bits per heavy atom. The van der Waals surface area contributed by atoms with Gasteiger partial charge in [-0.2, -0.15) is 5.10 Å². The first kappa shape index (κ1) is 14.2. The van der Waals surface area contributed by atoms with E-state index in [-0.39, 0.29) is 0 Å². The Bertz CT molecular complexity index is 577. The van der Waals surface area contributed by atoms with Gasteiger partial charge in [-0.25, -0.2) is 14.5 Å². The molecular weight excluding hydrogens is 256 g/mol. The number of hydrogen-bond acceptors (Lipinski definition) is 4. The fraction of sp³-hybridized carbons (Fsp3) is 0.357. The number of carboxylic acid groups (broad SMARTS) is 1. The maximum absolute atomic E-state index is 10.8. The van der Waals surface area contributed by atoms with Crippen LogP contribution in [0.15, 0.2) is 30.6 Å². The fourth-order valence-corrected chi connectivity index (χ4v) is 2.04. The molecule has 20 heavy (non-hydrogen) atoms. The highest BCUT2D eigenvalue weighted by atomic mass is 16.4. The summed E-state index contributed by atoms with van der Waals surface area (Å²) in [5, 5.41) is 13.0. The molecule has 0 saturated carbocycles. The van der Waals surface area contributed by atoms with Gasteiger partial charge >= 0.3 is 5.97 Å². The zero-order valence-corrected chi connectivity index (χ0v) is 11.7. The first-order valence-electron chi connectivity index (χ1n) is 6.47. The molecule has 0 fully saturated rings. The first-order valence-corrected chi connectivity index (χ1v) is 6.47. The van der Waals surface area contributed by atoms with Gasteiger partial charge in [-0.1, -0.05) is 12.1 Å². The van der Waals surface area contributed by atoms with E-state index in [1.165, 1.54) is 0 Å². The van der Waals surface area contributed by atoms with E-state index in [9.17, 15) is 4.79 Å². The van der Waals surface area contributed by atoms with Crippen molar-refractivity contribution in [3.63, 3.8) is 0 Å². The highest BCUT2D eigenvalue weighted by molar-refractivity contribution is 5.87. The molecule has 1 aromatic carbocycles. The van der Waals surface area contributed by atoms with E-state index in [0.717, 1.165) is 24.5 Å². The van der Waals surface area contributed by atoms with Gasteiger partial charge in [-0.05, 0) is 31.7 Å². The molecule has 0 amide bonds. The molecule has 2 aromatic rings. The maximum atomic E-state index is 10.8. The first-order chi connectivity index (χ1) is 9.60. The number of aromatic carboxylic acids is 1. The summed E-state index contributed by atoms with van der Waals surface area (Å²) < 4.78 is 1.87. The second kappa shape index (κ2) is 6.29. The Balaban J connectivity index is 1.97. The lowest BCUT2D eigenvalue weighted by molar-refractivity contribution is 0.0697. The molecule has 0 radical (unpaired) electrons. The van der Waals surface area contributed by atoms with Crippen molar-refractivity contribution in [1.82, 2.24) is 19.7 Å². The minimum absolute atomic E-state index is 0.308. The summed E-state index contributed by atoms with van der Waals surface area (Å²) in [6.45, 7) is 4.27. The zero-order chi connectivity index (χ0) is 14.5. The quantitative estimate of drug-likeness (QED) is 0.866. The minimum atomic E-state index is -0.902. The van der Waals surface area contributed by atoms with E-state index in [4.69, 9.17) is 5.11 Å². The number of hydrogen-bond donors (Lipinski definition) is 1. The molecule has 0 atom stereocenters. The summed E-state index contributed by atoms with van der Waals surface area (Å²) in [7, 11) is 2.00. The molecule has 0 aliphatic rings. The lowest BCUT2D eigenvalue weighted by Gasteiger charge is -2.16. The Morgan fingerprint density at radius 1 is 1.30 bits per heavy atom. The molecule has 0 unspecified atom stereocenters. The van der Waals surface area contributed by atoms with Crippen LogP contribution in [0.3, 0.4) is 0 Å². The van der Waals surface area contributed by atoms with Gasteiger partial charge in [-0.3, -0.25) is 4.90 Å². The number of aromatic nitrogens is 3. The predicted molar refractivity (Wildman–Crippen MR) is 74.3 cm³/mol. The van der Waals surface area contributed by atoms with Crippen LogP contribution in [-0.2, 0) is 19.6 Å². The van der Waals surface area contributed by atoms with Crippen molar-refractivity contribution in [2.24, 2.45) is 0 Å². The van der Waals surface area contributed by atoms with Gasteiger partial charge in [0.25, 0.3) is 0 Å². The number of nitrogens with zero attached hydrogens (tertiary/aromatic N) is 4. The Labute approximate surface area is 117 Å². The molecule has 0 spiro atoms. The van der Waals surface area contributed by atoms with Crippen molar-refractivity contribution >= 4 is 5.97 Å². The maximum Gasteiger partial charge on any atom is 0.335 e. The van der Waals surface area contributed by atoms with E-state index in [0.29, 0.717) is 12.1 Å². The van der Waals surface area contributed by atoms with Gasteiger partial charge in [0, 0.05) is 13.1 Å². The molecule has 0 bridgehead atoms. The van der Waals surface area contributed by atoms with Gasteiger partial charge < -0.3 is 5.11 Å². The van der Waals surface area contributed by atoms with Crippen molar-refractivity contribution in [1.29, 1.82) is 0 Å². The van der Waals surface area contributed by atoms with Crippen LogP contribution in [0.4, 0.5) is 0 Å². The third-order valence-electron chi connectivity index (χ3n) is 3.06. The van der Waals surface area contributed by atoms with Crippen LogP contribution < -0.4 is 0 Å². The zero-order valence-electron chi connectivity index (χ0n) is 11.7. The number of carbonyl (C=O) groups is 1. The standard InChI is InChI=1S/C14H18N4O2/c1-3-18-13(15-10-16-18)9-17(2)8-11-4-6-12(7-5-11)14(19)20/h4-7,10H,3,8-9H2,1-2H3,(H,19,20). The SMILES string of the molecule is CCn1ncnc1CN(C)Cc1ccc(C(=O)O)cc1. The van der Waals surface area contributed by atoms with Gasteiger partial charge in [0.2, 0.25) is 0 Å². The van der Waals surface area contributed by atoms with Crippen LogP contribution in [0, 0.1) is 0 Å². The van der Waals surface area contributed by atoms with Crippen molar-refractivity contribution < 1.29 is 9.90 Å². The smallest absolute Gasteiger partial charge is 0.335 e. The van der Waals surface area contributed by atoms with E-state index in [2.05, 4.69) is 15.0 Å². The summed E-state index contributed by atoms with van der Waals surface area (Å²) >= 11 is 0. The van der Waals surface area contributed by atoms with Gasteiger partial charge in [0.1, 0.15) is 12.2 Å². The molecule has 2 rings (SSSR count). The lowest BCUT2D eigenvalue weighted by atomic mass is 10.1. The summed E-state index contributed by atoms with van der Waals surface area (Å²) in [5.41, 5.74) is 1.38. The number of aryl methyl sites for hydroxylation is 1. The molecule has 1 aromatic heterocycles. The molecule has 1 heterocycles. The molecule has 6 nitrogen and oxygen atoms in total. The summed E-state index contributed by atoms with van der Waals surface area (Å²) in [4.78, 5) is 17.1. The summed E-state index contributed by atoms with van der Waals surface area (Å²) in [5.74, 6) is 0.0260. The van der Waals surface area contributed by atoms with Crippen LogP contribution in [0.5, 0.6) is 0 Å². The third-order valence-corrected chi connectivity index (χ3v) is 3.06. The van der Waals surface area contributed by atoms with Gasteiger partial charge in [0.05, 0.1) is 12.1 Å². The Morgan fingerprint density at radius 2 is 2.00 bits per heavy atom. The summed E-state index contributed by atoms with van der Waals surface area (Å²) in [6.07, 6.45) is 1.56.